The zero-order valence-corrected chi connectivity index (χ0v) is 9.74. The van der Waals surface area contributed by atoms with Crippen molar-refractivity contribution in [3.63, 3.8) is 0 Å². The number of nitrogens with zero attached hydrogens (tertiary/aromatic N) is 2. The third-order valence-corrected chi connectivity index (χ3v) is 2.85. The number of hydrogen-bond donors (Lipinski definition) is 1. The molecule has 1 heterocycles. The van der Waals surface area contributed by atoms with E-state index in [-0.39, 0.29) is 0 Å². The second kappa shape index (κ2) is 6.80. The Bertz CT molecular complexity index is 196. The van der Waals surface area contributed by atoms with Gasteiger partial charge in [0.2, 0.25) is 5.91 Å². The summed E-state index contributed by atoms with van der Waals surface area (Å²) in [7, 11) is 0. The maximum Gasteiger partial charge on any atom is 0.222 e. The van der Waals surface area contributed by atoms with Gasteiger partial charge in [-0.2, -0.15) is 0 Å². The van der Waals surface area contributed by atoms with E-state index < -0.39 is 0 Å². The highest BCUT2D eigenvalue weighted by Gasteiger charge is 2.17. The number of rotatable bonds is 4. The van der Waals surface area contributed by atoms with Crippen LogP contribution in [0.25, 0.3) is 0 Å². The van der Waals surface area contributed by atoms with Crippen LogP contribution in [-0.4, -0.2) is 55.0 Å². The number of nitrogens with two attached hydrogens (primary N) is 1. The number of amides is 1. The summed E-state index contributed by atoms with van der Waals surface area (Å²) >= 11 is 0. The Morgan fingerprint density at radius 1 is 1.27 bits per heavy atom. The second-order valence-corrected chi connectivity index (χ2v) is 4.11. The van der Waals surface area contributed by atoms with E-state index in [0.717, 1.165) is 45.6 Å². The maximum absolute atomic E-state index is 11.7. The van der Waals surface area contributed by atoms with Gasteiger partial charge in [0.1, 0.15) is 0 Å². The lowest BCUT2D eigenvalue weighted by atomic mass is 10.3. The van der Waals surface area contributed by atoms with Crippen molar-refractivity contribution in [3.8, 4) is 0 Å². The Hall–Kier alpha value is -0.610. The van der Waals surface area contributed by atoms with E-state index in [1.165, 1.54) is 0 Å². The van der Waals surface area contributed by atoms with Gasteiger partial charge in [0.25, 0.3) is 0 Å². The maximum atomic E-state index is 11.7. The molecule has 15 heavy (non-hydrogen) atoms. The fraction of sp³-hybridized carbons (Fsp3) is 0.909. The molecule has 88 valence electrons. The lowest BCUT2D eigenvalue weighted by Gasteiger charge is -2.21. The molecule has 1 rings (SSSR count). The third kappa shape index (κ3) is 4.18. The van der Waals surface area contributed by atoms with Crippen molar-refractivity contribution in [2.75, 3.05) is 39.3 Å². The van der Waals surface area contributed by atoms with Crippen molar-refractivity contribution in [1.82, 2.24) is 9.80 Å². The Balaban J connectivity index is 2.35. The van der Waals surface area contributed by atoms with Crippen LogP contribution in [0, 0.1) is 0 Å². The normalized spacial score (nSPS) is 18.9. The first-order chi connectivity index (χ1) is 7.27. The highest BCUT2D eigenvalue weighted by molar-refractivity contribution is 5.76. The van der Waals surface area contributed by atoms with Crippen molar-refractivity contribution in [1.29, 1.82) is 0 Å². The fourth-order valence-corrected chi connectivity index (χ4v) is 2.00. The quantitative estimate of drug-likeness (QED) is 0.730. The molecule has 0 aromatic heterocycles. The monoisotopic (exact) mass is 213 g/mol. The molecule has 0 aromatic carbocycles. The van der Waals surface area contributed by atoms with Gasteiger partial charge in [-0.05, 0) is 19.4 Å². The van der Waals surface area contributed by atoms with E-state index in [0.29, 0.717) is 18.9 Å². The summed E-state index contributed by atoms with van der Waals surface area (Å²) in [5.41, 5.74) is 5.53. The van der Waals surface area contributed by atoms with Crippen LogP contribution in [0.1, 0.15) is 26.2 Å². The highest BCUT2D eigenvalue weighted by atomic mass is 16.2. The van der Waals surface area contributed by atoms with Crippen LogP contribution in [0.4, 0.5) is 0 Å². The molecule has 1 aliphatic rings. The van der Waals surface area contributed by atoms with Crippen LogP contribution in [-0.2, 0) is 4.79 Å². The summed E-state index contributed by atoms with van der Waals surface area (Å²) in [6.07, 6.45) is 2.72. The van der Waals surface area contributed by atoms with Gasteiger partial charge >= 0.3 is 0 Å². The molecule has 0 spiro atoms. The number of carbonyl (C=O) groups excluding carboxylic acids is 1. The van der Waals surface area contributed by atoms with E-state index in [2.05, 4.69) is 11.8 Å². The minimum atomic E-state index is 0.312. The van der Waals surface area contributed by atoms with Gasteiger partial charge in [-0.15, -0.1) is 0 Å². The Morgan fingerprint density at radius 2 is 2.07 bits per heavy atom. The standard InChI is InChI=1S/C11H23N3O/c1-2-4-11(15)14-7-3-6-13(8-5-12)9-10-14/h2-10,12H2,1H3. The molecule has 1 aliphatic heterocycles. The molecule has 4 heteroatoms. The number of carbonyl (C=O) groups is 1. The van der Waals surface area contributed by atoms with Gasteiger partial charge < -0.3 is 15.5 Å². The molecule has 1 saturated heterocycles. The molecule has 0 bridgehead atoms. The van der Waals surface area contributed by atoms with Crippen LogP contribution >= 0.6 is 0 Å². The Labute approximate surface area is 92.4 Å². The SMILES string of the molecule is CCCC(=O)N1CCCN(CCN)CC1. The van der Waals surface area contributed by atoms with Crippen molar-refractivity contribution >= 4 is 5.91 Å². The zero-order chi connectivity index (χ0) is 11.1. The van der Waals surface area contributed by atoms with Gasteiger partial charge in [0.15, 0.2) is 0 Å². The summed E-state index contributed by atoms with van der Waals surface area (Å²) in [6.45, 7) is 7.56. The molecule has 0 aromatic rings. The van der Waals surface area contributed by atoms with Crippen LogP contribution in [0.2, 0.25) is 0 Å². The summed E-state index contributed by atoms with van der Waals surface area (Å²) in [6, 6.07) is 0. The lowest BCUT2D eigenvalue weighted by Crippen LogP contribution is -2.36. The predicted molar refractivity (Wildman–Crippen MR) is 61.6 cm³/mol. The first-order valence-electron chi connectivity index (χ1n) is 5.98. The molecule has 1 amide bonds. The minimum Gasteiger partial charge on any atom is -0.341 e. The predicted octanol–water partition coefficient (Wildman–Crippen LogP) is 0.280. The lowest BCUT2D eigenvalue weighted by molar-refractivity contribution is -0.131. The minimum absolute atomic E-state index is 0.312. The summed E-state index contributed by atoms with van der Waals surface area (Å²) in [4.78, 5) is 16.0. The molecule has 4 nitrogen and oxygen atoms in total. The summed E-state index contributed by atoms with van der Waals surface area (Å²) in [5, 5.41) is 0. The molecule has 0 unspecified atom stereocenters. The van der Waals surface area contributed by atoms with Crippen molar-refractivity contribution in [3.05, 3.63) is 0 Å². The summed E-state index contributed by atoms with van der Waals surface area (Å²) < 4.78 is 0. The fourth-order valence-electron chi connectivity index (χ4n) is 2.00. The second-order valence-electron chi connectivity index (χ2n) is 4.11. The molecule has 0 aliphatic carbocycles. The molecule has 0 saturated carbocycles. The van der Waals surface area contributed by atoms with E-state index in [1.807, 2.05) is 4.90 Å². The first-order valence-corrected chi connectivity index (χ1v) is 5.98. The van der Waals surface area contributed by atoms with Crippen LogP contribution < -0.4 is 5.73 Å². The van der Waals surface area contributed by atoms with Gasteiger partial charge in [0.05, 0.1) is 0 Å². The van der Waals surface area contributed by atoms with Gasteiger partial charge in [-0.3, -0.25) is 4.79 Å². The van der Waals surface area contributed by atoms with Gasteiger partial charge in [-0.1, -0.05) is 6.92 Å². The number of hydrogen-bond acceptors (Lipinski definition) is 3. The van der Waals surface area contributed by atoms with E-state index >= 15 is 0 Å². The average molecular weight is 213 g/mol. The average Bonchev–Trinajstić information content (AvgIpc) is 2.44. The van der Waals surface area contributed by atoms with E-state index in [1.54, 1.807) is 0 Å². The molecular weight excluding hydrogens is 190 g/mol. The van der Waals surface area contributed by atoms with Crippen LogP contribution in [0.3, 0.4) is 0 Å². The molecule has 0 atom stereocenters. The Morgan fingerprint density at radius 3 is 2.73 bits per heavy atom. The zero-order valence-electron chi connectivity index (χ0n) is 9.74. The van der Waals surface area contributed by atoms with E-state index in [9.17, 15) is 4.79 Å². The molecule has 1 fully saturated rings. The molecule has 0 radical (unpaired) electrons. The van der Waals surface area contributed by atoms with Crippen LogP contribution in [0.5, 0.6) is 0 Å². The topological polar surface area (TPSA) is 49.6 Å². The van der Waals surface area contributed by atoms with Gasteiger partial charge in [0, 0.05) is 39.1 Å². The van der Waals surface area contributed by atoms with Crippen molar-refractivity contribution < 1.29 is 4.79 Å². The summed E-state index contributed by atoms with van der Waals surface area (Å²) in [5.74, 6) is 0.312. The van der Waals surface area contributed by atoms with Gasteiger partial charge in [-0.25, -0.2) is 0 Å². The Kier molecular flexibility index (Phi) is 5.65. The third-order valence-electron chi connectivity index (χ3n) is 2.85. The van der Waals surface area contributed by atoms with Crippen molar-refractivity contribution in [2.24, 2.45) is 5.73 Å². The molecular formula is C11H23N3O. The molecule has 2 N–H and O–H groups in total. The highest BCUT2D eigenvalue weighted by Crippen LogP contribution is 2.05. The van der Waals surface area contributed by atoms with E-state index in [4.69, 9.17) is 5.73 Å². The largest absolute Gasteiger partial charge is 0.341 e. The first kappa shape index (κ1) is 12.5. The van der Waals surface area contributed by atoms with Crippen LogP contribution in [0.15, 0.2) is 0 Å². The van der Waals surface area contributed by atoms with Crippen molar-refractivity contribution in [2.45, 2.75) is 26.2 Å². The smallest absolute Gasteiger partial charge is 0.222 e.